The smallest absolute Gasteiger partial charge is 0.249 e. The topological polar surface area (TPSA) is 69.1 Å². The highest BCUT2D eigenvalue weighted by atomic mass is 16.1. The molecule has 0 aliphatic heterocycles. The van der Waals surface area contributed by atoms with Crippen LogP contribution in [0.5, 0.6) is 0 Å². The maximum absolute atomic E-state index is 11.3. The van der Waals surface area contributed by atoms with E-state index in [-0.39, 0.29) is 0 Å². The van der Waals surface area contributed by atoms with Gasteiger partial charge in [-0.05, 0) is 23.3 Å². The van der Waals surface area contributed by atoms with Crippen LogP contribution in [0.3, 0.4) is 0 Å². The first-order valence-electron chi connectivity index (χ1n) is 5.59. The number of nitrogens with two attached hydrogens (primary N) is 2. The van der Waals surface area contributed by atoms with Crippen molar-refractivity contribution in [3.63, 3.8) is 0 Å². The third-order valence-electron chi connectivity index (χ3n) is 2.60. The summed E-state index contributed by atoms with van der Waals surface area (Å²) in [6.45, 7) is 0. The molecule has 3 nitrogen and oxygen atoms in total. The van der Waals surface area contributed by atoms with E-state index in [1.54, 1.807) is 18.2 Å². The molecule has 2 aromatic carbocycles. The molecule has 0 aliphatic rings. The second-order valence-electron chi connectivity index (χ2n) is 3.95. The molecule has 2 aromatic rings. The second kappa shape index (κ2) is 5.19. The van der Waals surface area contributed by atoms with Crippen molar-refractivity contribution in [1.29, 1.82) is 0 Å². The number of rotatable bonds is 3. The predicted octanol–water partition coefficient (Wildman–Crippen LogP) is 2.54. The Kier molecular flexibility index (Phi) is 3.44. The molecule has 0 saturated heterocycles. The summed E-state index contributed by atoms with van der Waals surface area (Å²) in [6.07, 6.45) is 3.78. The number of hydrogen-bond donors (Lipinski definition) is 2. The summed E-state index contributed by atoms with van der Waals surface area (Å²) < 4.78 is 0. The van der Waals surface area contributed by atoms with Crippen LogP contribution >= 0.6 is 0 Å². The first-order chi connectivity index (χ1) is 8.66. The zero-order chi connectivity index (χ0) is 13.0. The molecule has 0 unspecified atom stereocenters. The second-order valence-corrected chi connectivity index (χ2v) is 3.95. The molecule has 1 amide bonds. The molecule has 0 atom stereocenters. The largest absolute Gasteiger partial charge is 0.399 e. The van der Waals surface area contributed by atoms with E-state index in [1.165, 1.54) is 0 Å². The van der Waals surface area contributed by atoms with Gasteiger partial charge in [-0.3, -0.25) is 4.79 Å². The third-order valence-corrected chi connectivity index (χ3v) is 2.60. The molecule has 0 spiro atoms. The average molecular weight is 238 g/mol. The number of benzene rings is 2. The van der Waals surface area contributed by atoms with Crippen molar-refractivity contribution in [1.82, 2.24) is 0 Å². The highest BCUT2D eigenvalue weighted by molar-refractivity contribution is 5.98. The summed E-state index contributed by atoms with van der Waals surface area (Å²) in [7, 11) is 0. The molecule has 3 heteroatoms. The van der Waals surface area contributed by atoms with Gasteiger partial charge in [-0.25, -0.2) is 0 Å². The standard InChI is InChI=1S/C15H14N2O/c16-13-9-8-12(14(10-13)15(17)18)7-6-11-4-2-1-3-5-11/h1-10H,16H2,(H2,17,18). The summed E-state index contributed by atoms with van der Waals surface area (Å²) in [6, 6.07) is 15.0. The van der Waals surface area contributed by atoms with Crippen LogP contribution in [0.15, 0.2) is 48.5 Å². The Morgan fingerprint density at radius 2 is 1.72 bits per heavy atom. The molecule has 0 aliphatic carbocycles. The van der Waals surface area contributed by atoms with Crippen LogP contribution < -0.4 is 11.5 Å². The average Bonchev–Trinajstić information content (AvgIpc) is 2.38. The number of primary amides is 1. The fourth-order valence-corrected chi connectivity index (χ4v) is 1.68. The van der Waals surface area contributed by atoms with Crippen molar-refractivity contribution in [3.05, 3.63) is 65.2 Å². The SMILES string of the molecule is NC(=O)c1cc(N)ccc1C=Cc1ccccc1. The summed E-state index contributed by atoms with van der Waals surface area (Å²) in [4.78, 5) is 11.3. The Bertz CT molecular complexity index is 589. The number of nitrogen functional groups attached to an aromatic ring is 1. The van der Waals surface area contributed by atoms with Gasteiger partial charge in [0.1, 0.15) is 0 Å². The van der Waals surface area contributed by atoms with E-state index in [0.29, 0.717) is 11.3 Å². The van der Waals surface area contributed by atoms with Crippen LogP contribution in [0.25, 0.3) is 12.2 Å². The Balaban J connectivity index is 2.35. The number of hydrogen-bond acceptors (Lipinski definition) is 2. The van der Waals surface area contributed by atoms with Crippen molar-refractivity contribution in [2.45, 2.75) is 0 Å². The van der Waals surface area contributed by atoms with Gasteiger partial charge in [-0.15, -0.1) is 0 Å². The minimum Gasteiger partial charge on any atom is -0.399 e. The van der Waals surface area contributed by atoms with Crippen LogP contribution in [0.4, 0.5) is 5.69 Å². The van der Waals surface area contributed by atoms with Gasteiger partial charge in [0.2, 0.25) is 5.91 Å². The minimum absolute atomic E-state index is 0.433. The Labute approximate surface area is 106 Å². The van der Waals surface area contributed by atoms with Crippen molar-refractivity contribution >= 4 is 23.7 Å². The van der Waals surface area contributed by atoms with E-state index in [9.17, 15) is 4.79 Å². The van der Waals surface area contributed by atoms with Gasteiger partial charge in [0.25, 0.3) is 0 Å². The number of carbonyl (C=O) groups is 1. The van der Waals surface area contributed by atoms with Crippen LogP contribution in [-0.4, -0.2) is 5.91 Å². The number of amides is 1. The molecule has 18 heavy (non-hydrogen) atoms. The summed E-state index contributed by atoms with van der Waals surface area (Å²) in [5.74, 6) is -0.477. The Morgan fingerprint density at radius 3 is 2.39 bits per heavy atom. The number of carbonyl (C=O) groups excluding carboxylic acids is 1. The van der Waals surface area contributed by atoms with Gasteiger partial charge in [-0.1, -0.05) is 48.6 Å². The fourth-order valence-electron chi connectivity index (χ4n) is 1.68. The van der Waals surface area contributed by atoms with E-state index in [2.05, 4.69) is 0 Å². The van der Waals surface area contributed by atoms with Gasteiger partial charge < -0.3 is 11.5 Å². The van der Waals surface area contributed by atoms with Crippen LogP contribution in [0, 0.1) is 0 Å². The minimum atomic E-state index is -0.477. The lowest BCUT2D eigenvalue weighted by Gasteiger charge is -2.03. The first-order valence-corrected chi connectivity index (χ1v) is 5.59. The van der Waals surface area contributed by atoms with Gasteiger partial charge in [-0.2, -0.15) is 0 Å². The summed E-state index contributed by atoms with van der Waals surface area (Å²) in [5, 5.41) is 0. The van der Waals surface area contributed by atoms with Crippen molar-refractivity contribution in [3.8, 4) is 0 Å². The highest BCUT2D eigenvalue weighted by Crippen LogP contribution is 2.16. The predicted molar refractivity (Wildman–Crippen MR) is 74.7 cm³/mol. The third kappa shape index (κ3) is 2.77. The fraction of sp³-hybridized carbons (Fsp3) is 0. The lowest BCUT2D eigenvalue weighted by molar-refractivity contribution is 0.1000. The molecular weight excluding hydrogens is 224 g/mol. The van der Waals surface area contributed by atoms with Gasteiger partial charge >= 0.3 is 0 Å². The Hall–Kier alpha value is -2.55. The van der Waals surface area contributed by atoms with Crippen molar-refractivity contribution in [2.75, 3.05) is 5.73 Å². The molecule has 0 aromatic heterocycles. The van der Waals surface area contributed by atoms with Crippen molar-refractivity contribution < 1.29 is 4.79 Å². The molecule has 4 N–H and O–H groups in total. The molecule has 0 bridgehead atoms. The van der Waals surface area contributed by atoms with E-state index < -0.39 is 5.91 Å². The lowest BCUT2D eigenvalue weighted by atomic mass is 10.0. The van der Waals surface area contributed by atoms with Gasteiger partial charge in [0, 0.05) is 11.3 Å². The lowest BCUT2D eigenvalue weighted by Crippen LogP contribution is -2.12. The Morgan fingerprint density at radius 1 is 1.00 bits per heavy atom. The van der Waals surface area contributed by atoms with Gasteiger partial charge in [0.05, 0.1) is 0 Å². The maximum atomic E-state index is 11.3. The molecule has 0 heterocycles. The molecule has 0 radical (unpaired) electrons. The molecular formula is C15H14N2O. The van der Waals surface area contributed by atoms with E-state index >= 15 is 0 Å². The van der Waals surface area contributed by atoms with E-state index in [4.69, 9.17) is 11.5 Å². The summed E-state index contributed by atoms with van der Waals surface area (Å²) >= 11 is 0. The molecule has 2 rings (SSSR count). The van der Waals surface area contributed by atoms with Gasteiger partial charge in [0.15, 0.2) is 0 Å². The van der Waals surface area contributed by atoms with Crippen LogP contribution in [0.1, 0.15) is 21.5 Å². The quantitative estimate of drug-likeness (QED) is 0.637. The molecule has 90 valence electrons. The molecule has 0 fully saturated rings. The number of anilines is 1. The maximum Gasteiger partial charge on any atom is 0.249 e. The first kappa shape index (κ1) is 11.9. The monoisotopic (exact) mass is 238 g/mol. The zero-order valence-corrected chi connectivity index (χ0v) is 9.84. The zero-order valence-electron chi connectivity index (χ0n) is 9.84. The molecule has 0 saturated carbocycles. The highest BCUT2D eigenvalue weighted by Gasteiger charge is 2.05. The van der Waals surface area contributed by atoms with E-state index in [0.717, 1.165) is 11.1 Å². The normalized spacial score (nSPS) is 10.7. The summed E-state index contributed by atoms with van der Waals surface area (Å²) in [5.41, 5.74) is 13.8. The van der Waals surface area contributed by atoms with E-state index in [1.807, 2.05) is 42.5 Å². The van der Waals surface area contributed by atoms with Crippen molar-refractivity contribution in [2.24, 2.45) is 5.73 Å². The van der Waals surface area contributed by atoms with Crippen LogP contribution in [-0.2, 0) is 0 Å². The van der Waals surface area contributed by atoms with Crippen LogP contribution in [0.2, 0.25) is 0 Å².